The lowest BCUT2D eigenvalue weighted by molar-refractivity contribution is 0.196. The van der Waals surface area contributed by atoms with Crippen LogP contribution in [0.5, 0.6) is 0 Å². The second-order valence-corrected chi connectivity index (χ2v) is 10.8. The first kappa shape index (κ1) is 16.1. The van der Waals surface area contributed by atoms with Gasteiger partial charge in [0.2, 0.25) is 7.37 Å². The second-order valence-electron chi connectivity index (χ2n) is 7.91. The van der Waals surface area contributed by atoms with E-state index in [1.807, 2.05) is 0 Å². The quantitative estimate of drug-likeness (QED) is 0.661. The maximum atomic E-state index is 13.7. The molecule has 3 heteroatoms. The van der Waals surface area contributed by atoms with Crippen LogP contribution in [-0.2, 0) is 4.57 Å². The molecule has 1 atom stereocenters. The van der Waals surface area contributed by atoms with Crippen molar-refractivity contribution in [3.05, 3.63) is 0 Å². The predicted molar refractivity (Wildman–Crippen MR) is 89.1 cm³/mol. The molecule has 0 bridgehead atoms. The Morgan fingerprint density at radius 2 is 1.19 bits per heavy atom. The van der Waals surface area contributed by atoms with Gasteiger partial charge in [0, 0.05) is 5.66 Å². The molecule has 1 unspecified atom stereocenters. The van der Waals surface area contributed by atoms with Crippen molar-refractivity contribution in [2.24, 2.45) is 5.92 Å². The van der Waals surface area contributed by atoms with E-state index in [1.165, 1.54) is 70.6 Å². The van der Waals surface area contributed by atoms with Gasteiger partial charge >= 0.3 is 0 Å². The maximum absolute atomic E-state index is 13.7. The highest BCUT2D eigenvalue weighted by Gasteiger charge is 2.55. The average Bonchev–Trinajstić information content (AvgIpc) is 2.57. The van der Waals surface area contributed by atoms with E-state index in [9.17, 15) is 9.46 Å². The molecule has 3 aliphatic carbocycles. The van der Waals surface area contributed by atoms with E-state index >= 15 is 0 Å². The molecular formula is C18H33O2P. The maximum Gasteiger partial charge on any atom is 0.209 e. The predicted octanol–water partition coefficient (Wildman–Crippen LogP) is 5.87. The van der Waals surface area contributed by atoms with Gasteiger partial charge in [0.25, 0.3) is 0 Å². The van der Waals surface area contributed by atoms with E-state index in [0.29, 0.717) is 5.92 Å². The second kappa shape index (κ2) is 6.75. The third-order valence-corrected chi connectivity index (χ3v) is 10.4. The Hall–Kier alpha value is 0.190. The fourth-order valence-corrected chi connectivity index (χ4v) is 9.12. The minimum atomic E-state index is -3.04. The van der Waals surface area contributed by atoms with Gasteiger partial charge in [-0.3, -0.25) is 4.57 Å². The zero-order valence-corrected chi connectivity index (χ0v) is 14.5. The summed E-state index contributed by atoms with van der Waals surface area (Å²) < 4.78 is 13.7. The van der Waals surface area contributed by atoms with E-state index in [-0.39, 0.29) is 10.8 Å². The smallest absolute Gasteiger partial charge is 0.209 e. The van der Waals surface area contributed by atoms with Gasteiger partial charge in [-0.15, -0.1) is 0 Å². The minimum Gasteiger partial charge on any atom is -0.344 e. The normalized spacial score (nSPS) is 31.7. The molecular weight excluding hydrogens is 279 g/mol. The SMILES string of the molecule is O=P(O)(C1CCCCC1)C1(C2CCCCC2)CCCCC1. The molecule has 21 heavy (non-hydrogen) atoms. The van der Waals surface area contributed by atoms with Crippen molar-refractivity contribution in [3.63, 3.8) is 0 Å². The van der Waals surface area contributed by atoms with Crippen LogP contribution in [0.2, 0.25) is 0 Å². The first-order valence-electron chi connectivity index (χ1n) is 9.49. The molecule has 0 aromatic carbocycles. The molecule has 0 aromatic rings. The van der Waals surface area contributed by atoms with Crippen molar-refractivity contribution in [2.75, 3.05) is 0 Å². The van der Waals surface area contributed by atoms with E-state index in [1.54, 1.807) is 0 Å². The summed E-state index contributed by atoms with van der Waals surface area (Å²) in [5, 5.41) is -0.187. The lowest BCUT2D eigenvalue weighted by Crippen LogP contribution is -2.43. The van der Waals surface area contributed by atoms with E-state index in [4.69, 9.17) is 0 Å². The first-order valence-corrected chi connectivity index (χ1v) is 11.2. The molecule has 0 spiro atoms. The van der Waals surface area contributed by atoms with Gasteiger partial charge in [0.05, 0.1) is 5.16 Å². The average molecular weight is 312 g/mol. The molecule has 0 saturated heterocycles. The number of rotatable bonds is 3. The molecule has 0 aliphatic heterocycles. The summed E-state index contributed by atoms with van der Waals surface area (Å²) in [5.41, 5.74) is 0.131. The van der Waals surface area contributed by atoms with Crippen LogP contribution >= 0.6 is 7.37 Å². The topological polar surface area (TPSA) is 37.3 Å². The third-order valence-electron chi connectivity index (χ3n) is 6.79. The highest BCUT2D eigenvalue weighted by atomic mass is 31.2. The molecule has 0 radical (unpaired) electrons. The Morgan fingerprint density at radius 3 is 1.76 bits per heavy atom. The summed E-state index contributed by atoms with van der Waals surface area (Å²) >= 11 is 0. The van der Waals surface area contributed by atoms with Gasteiger partial charge < -0.3 is 4.89 Å². The summed E-state index contributed by atoms with van der Waals surface area (Å²) in [4.78, 5) is 11.3. The Morgan fingerprint density at radius 1 is 0.714 bits per heavy atom. The van der Waals surface area contributed by atoms with Gasteiger partial charge in [-0.25, -0.2) is 0 Å². The third kappa shape index (κ3) is 3.00. The number of hydrogen-bond donors (Lipinski definition) is 1. The van der Waals surface area contributed by atoms with Gasteiger partial charge in [-0.1, -0.05) is 57.8 Å². The molecule has 2 nitrogen and oxygen atoms in total. The Labute approximate surface area is 130 Å². The summed E-state index contributed by atoms with van der Waals surface area (Å²) in [6, 6.07) is 0. The van der Waals surface area contributed by atoms with Crippen LogP contribution in [-0.4, -0.2) is 15.7 Å². The van der Waals surface area contributed by atoms with Gasteiger partial charge in [-0.05, 0) is 44.4 Å². The summed E-state index contributed by atoms with van der Waals surface area (Å²) in [5.74, 6) is 0.546. The van der Waals surface area contributed by atoms with Crippen molar-refractivity contribution in [2.45, 2.75) is 107 Å². The molecule has 0 heterocycles. The molecule has 3 saturated carbocycles. The van der Waals surface area contributed by atoms with Crippen molar-refractivity contribution in [3.8, 4) is 0 Å². The zero-order valence-electron chi connectivity index (χ0n) is 13.6. The van der Waals surface area contributed by atoms with Crippen LogP contribution < -0.4 is 0 Å². The first-order chi connectivity index (χ1) is 10.2. The molecule has 3 aliphatic rings. The van der Waals surface area contributed by atoms with E-state index < -0.39 is 7.37 Å². The van der Waals surface area contributed by atoms with Crippen LogP contribution in [0.15, 0.2) is 0 Å². The van der Waals surface area contributed by atoms with Gasteiger partial charge in [0.1, 0.15) is 0 Å². The largest absolute Gasteiger partial charge is 0.344 e. The lowest BCUT2D eigenvalue weighted by atomic mass is 9.72. The monoisotopic (exact) mass is 312 g/mol. The molecule has 3 rings (SSSR count). The van der Waals surface area contributed by atoms with Crippen molar-refractivity contribution in [1.29, 1.82) is 0 Å². The zero-order chi connectivity index (χ0) is 14.8. The van der Waals surface area contributed by atoms with Gasteiger partial charge in [0.15, 0.2) is 0 Å². The Bertz CT molecular complexity index is 375. The van der Waals surface area contributed by atoms with Crippen LogP contribution in [0, 0.1) is 5.92 Å². The highest BCUT2D eigenvalue weighted by Crippen LogP contribution is 2.70. The Kier molecular flexibility index (Phi) is 5.16. The van der Waals surface area contributed by atoms with E-state index in [2.05, 4.69) is 0 Å². The minimum absolute atomic E-state index is 0.131. The molecule has 3 fully saturated rings. The van der Waals surface area contributed by atoms with Crippen molar-refractivity contribution in [1.82, 2.24) is 0 Å². The Balaban J connectivity index is 1.87. The van der Waals surface area contributed by atoms with E-state index in [0.717, 1.165) is 25.7 Å². The standard InChI is InChI=1S/C18H33O2P/c19-21(20,17-12-6-2-7-13-17)18(14-8-3-9-15-18)16-10-4-1-5-11-16/h16-17H,1-15H2,(H,19,20). The summed E-state index contributed by atoms with van der Waals surface area (Å²) in [6.45, 7) is 0. The lowest BCUT2D eigenvalue weighted by Gasteiger charge is -2.50. The molecule has 0 aromatic heterocycles. The molecule has 122 valence electrons. The fourth-order valence-electron chi connectivity index (χ4n) is 5.59. The van der Waals surface area contributed by atoms with Crippen molar-refractivity contribution >= 4 is 7.37 Å². The van der Waals surface area contributed by atoms with Crippen LogP contribution in [0.1, 0.15) is 96.3 Å². The molecule has 1 N–H and O–H groups in total. The summed E-state index contributed by atoms with van der Waals surface area (Å²) in [7, 11) is -3.04. The highest BCUT2D eigenvalue weighted by molar-refractivity contribution is 7.60. The molecule has 0 amide bonds. The van der Waals surface area contributed by atoms with Crippen LogP contribution in [0.3, 0.4) is 0 Å². The summed E-state index contributed by atoms with van der Waals surface area (Å²) in [6.07, 6.45) is 17.8. The number of hydrogen-bond acceptors (Lipinski definition) is 1. The van der Waals surface area contributed by atoms with Crippen LogP contribution in [0.4, 0.5) is 0 Å². The van der Waals surface area contributed by atoms with Crippen molar-refractivity contribution < 1.29 is 9.46 Å². The van der Waals surface area contributed by atoms with Gasteiger partial charge in [-0.2, -0.15) is 0 Å². The fraction of sp³-hybridized carbons (Fsp3) is 1.00. The van der Waals surface area contributed by atoms with Crippen LogP contribution in [0.25, 0.3) is 0 Å².